The number of fused-ring (bicyclic) bond motifs is 1. The van der Waals surface area contributed by atoms with E-state index in [1.807, 2.05) is 6.07 Å². The highest BCUT2D eigenvalue weighted by atomic mass is 35.5. The number of hydrogen-bond acceptors (Lipinski definition) is 3. The quantitative estimate of drug-likeness (QED) is 0.726. The summed E-state index contributed by atoms with van der Waals surface area (Å²) < 4.78 is 5.58. The summed E-state index contributed by atoms with van der Waals surface area (Å²) in [5.41, 5.74) is 1.61. The van der Waals surface area contributed by atoms with Crippen LogP contribution >= 0.6 is 23.4 Å². The van der Waals surface area contributed by atoms with E-state index in [1.54, 1.807) is 24.0 Å². The lowest BCUT2D eigenvalue weighted by Crippen LogP contribution is -1.82. The Labute approximate surface area is 91.6 Å². The van der Waals surface area contributed by atoms with Crippen molar-refractivity contribution in [2.45, 2.75) is 24.2 Å². The Morgan fingerprint density at radius 2 is 2.21 bits per heavy atom. The molecule has 0 amide bonds. The van der Waals surface area contributed by atoms with E-state index in [0.717, 1.165) is 16.2 Å². The second-order valence-corrected chi connectivity index (χ2v) is 5.29. The standard InChI is InChI=1S/C10H10ClNOS/c1-6(2)14-10-4-8-9(13-10)3-7(11)5-12-8/h3-6H,1-2H3. The molecule has 2 heterocycles. The van der Waals surface area contributed by atoms with E-state index in [1.165, 1.54) is 0 Å². The predicted molar refractivity (Wildman–Crippen MR) is 60.0 cm³/mol. The van der Waals surface area contributed by atoms with Crippen molar-refractivity contribution in [3.05, 3.63) is 23.4 Å². The molecule has 0 radical (unpaired) electrons. The Balaban J connectivity index is 2.41. The van der Waals surface area contributed by atoms with Gasteiger partial charge in [0.2, 0.25) is 0 Å². The van der Waals surface area contributed by atoms with Gasteiger partial charge in [0.15, 0.2) is 10.7 Å². The molecule has 74 valence electrons. The Morgan fingerprint density at radius 3 is 2.93 bits per heavy atom. The first-order valence-electron chi connectivity index (χ1n) is 4.37. The van der Waals surface area contributed by atoms with Crippen LogP contribution in [0.2, 0.25) is 5.02 Å². The largest absolute Gasteiger partial charge is 0.448 e. The minimum atomic E-state index is 0.506. The third-order valence-electron chi connectivity index (χ3n) is 1.67. The Hall–Kier alpha value is -0.670. The SMILES string of the molecule is CC(C)Sc1cc2ncc(Cl)cc2o1. The van der Waals surface area contributed by atoms with Crippen molar-refractivity contribution in [3.63, 3.8) is 0 Å². The van der Waals surface area contributed by atoms with E-state index in [2.05, 4.69) is 18.8 Å². The topological polar surface area (TPSA) is 26.0 Å². The van der Waals surface area contributed by atoms with Crippen LogP contribution < -0.4 is 0 Å². The molecule has 0 unspecified atom stereocenters. The summed E-state index contributed by atoms with van der Waals surface area (Å²) in [5, 5.41) is 2.00. The molecule has 0 N–H and O–H groups in total. The smallest absolute Gasteiger partial charge is 0.163 e. The fourth-order valence-corrected chi connectivity index (χ4v) is 2.09. The highest BCUT2D eigenvalue weighted by Crippen LogP contribution is 2.29. The van der Waals surface area contributed by atoms with Crippen LogP contribution in [0, 0.1) is 0 Å². The Bertz CT molecular complexity index is 452. The van der Waals surface area contributed by atoms with Crippen molar-refractivity contribution in [1.29, 1.82) is 0 Å². The van der Waals surface area contributed by atoms with Crippen LogP contribution in [0.1, 0.15) is 13.8 Å². The molecule has 2 aromatic rings. The van der Waals surface area contributed by atoms with Gasteiger partial charge < -0.3 is 4.42 Å². The zero-order valence-corrected chi connectivity index (χ0v) is 9.52. The molecule has 0 bridgehead atoms. The number of nitrogens with zero attached hydrogens (tertiary/aromatic N) is 1. The second-order valence-electron chi connectivity index (χ2n) is 3.27. The fourth-order valence-electron chi connectivity index (χ4n) is 1.16. The van der Waals surface area contributed by atoms with Crippen molar-refractivity contribution in [1.82, 2.24) is 4.98 Å². The first-order chi connectivity index (χ1) is 6.65. The van der Waals surface area contributed by atoms with Gasteiger partial charge in [-0.3, -0.25) is 4.98 Å². The minimum absolute atomic E-state index is 0.506. The third kappa shape index (κ3) is 2.04. The number of aromatic nitrogens is 1. The van der Waals surface area contributed by atoms with E-state index in [4.69, 9.17) is 16.0 Å². The first-order valence-corrected chi connectivity index (χ1v) is 5.62. The third-order valence-corrected chi connectivity index (χ3v) is 2.78. The summed E-state index contributed by atoms with van der Waals surface area (Å²) >= 11 is 7.48. The van der Waals surface area contributed by atoms with Crippen LogP contribution in [0.4, 0.5) is 0 Å². The molecule has 0 aromatic carbocycles. The van der Waals surface area contributed by atoms with Crippen LogP contribution in [0.5, 0.6) is 0 Å². The second kappa shape index (κ2) is 3.83. The Kier molecular flexibility index (Phi) is 2.70. The fraction of sp³-hybridized carbons (Fsp3) is 0.300. The van der Waals surface area contributed by atoms with Crippen LogP contribution in [0.25, 0.3) is 11.1 Å². The molecule has 2 nitrogen and oxygen atoms in total. The van der Waals surface area contributed by atoms with E-state index < -0.39 is 0 Å². The number of furan rings is 1. The lowest BCUT2D eigenvalue weighted by atomic mass is 10.4. The number of thioether (sulfide) groups is 1. The highest BCUT2D eigenvalue weighted by molar-refractivity contribution is 7.99. The number of hydrogen-bond donors (Lipinski definition) is 0. The molecule has 0 aliphatic rings. The molecule has 0 spiro atoms. The van der Waals surface area contributed by atoms with Gasteiger partial charge in [-0.05, 0) is 0 Å². The van der Waals surface area contributed by atoms with E-state index in [9.17, 15) is 0 Å². The number of halogens is 1. The number of rotatable bonds is 2. The van der Waals surface area contributed by atoms with Crippen molar-refractivity contribution < 1.29 is 4.42 Å². The molecule has 0 fully saturated rings. The maximum atomic E-state index is 5.80. The summed E-state index contributed by atoms with van der Waals surface area (Å²) in [4.78, 5) is 4.17. The molecule has 0 aliphatic heterocycles. The highest BCUT2D eigenvalue weighted by Gasteiger charge is 2.07. The normalized spacial score (nSPS) is 11.4. The minimum Gasteiger partial charge on any atom is -0.448 e. The van der Waals surface area contributed by atoms with Gasteiger partial charge in [0.25, 0.3) is 0 Å². The van der Waals surface area contributed by atoms with Crippen LogP contribution in [-0.2, 0) is 0 Å². The maximum absolute atomic E-state index is 5.80. The summed E-state index contributed by atoms with van der Waals surface area (Å²) in [7, 11) is 0. The zero-order valence-electron chi connectivity index (χ0n) is 7.95. The van der Waals surface area contributed by atoms with Crippen LogP contribution in [0.15, 0.2) is 27.8 Å². The molecule has 0 aliphatic carbocycles. The van der Waals surface area contributed by atoms with Crippen molar-refractivity contribution in [2.75, 3.05) is 0 Å². The van der Waals surface area contributed by atoms with Gasteiger partial charge in [-0.2, -0.15) is 0 Å². The summed E-state index contributed by atoms with van der Waals surface area (Å²) in [6.45, 7) is 4.25. The van der Waals surface area contributed by atoms with E-state index >= 15 is 0 Å². The average molecular weight is 228 g/mol. The molecular weight excluding hydrogens is 218 g/mol. The van der Waals surface area contributed by atoms with Gasteiger partial charge in [-0.1, -0.05) is 37.2 Å². The van der Waals surface area contributed by atoms with Gasteiger partial charge in [-0.15, -0.1) is 0 Å². The average Bonchev–Trinajstić information content (AvgIpc) is 2.44. The summed E-state index contributed by atoms with van der Waals surface area (Å²) in [5.74, 6) is 0. The maximum Gasteiger partial charge on any atom is 0.163 e. The summed E-state index contributed by atoms with van der Waals surface area (Å²) in [6, 6.07) is 3.73. The first kappa shape index (κ1) is 9.87. The predicted octanol–water partition coefficient (Wildman–Crippen LogP) is 3.98. The Morgan fingerprint density at radius 1 is 1.43 bits per heavy atom. The van der Waals surface area contributed by atoms with Crippen molar-refractivity contribution >= 4 is 34.5 Å². The summed E-state index contributed by atoms with van der Waals surface area (Å²) in [6.07, 6.45) is 1.63. The van der Waals surface area contributed by atoms with Crippen molar-refractivity contribution in [3.8, 4) is 0 Å². The van der Waals surface area contributed by atoms with Crippen LogP contribution in [0.3, 0.4) is 0 Å². The zero-order chi connectivity index (χ0) is 10.1. The monoisotopic (exact) mass is 227 g/mol. The molecule has 14 heavy (non-hydrogen) atoms. The number of pyridine rings is 1. The van der Waals surface area contributed by atoms with Gasteiger partial charge in [0.05, 0.1) is 5.02 Å². The molecule has 0 saturated heterocycles. The van der Waals surface area contributed by atoms with Gasteiger partial charge >= 0.3 is 0 Å². The van der Waals surface area contributed by atoms with Gasteiger partial charge in [0, 0.05) is 23.6 Å². The molecule has 4 heteroatoms. The van der Waals surface area contributed by atoms with Gasteiger partial charge in [0.1, 0.15) is 5.52 Å². The van der Waals surface area contributed by atoms with Crippen LogP contribution in [-0.4, -0.2) is 10.2 Å². The molecule has 0 saturated carbocycles. The van der Waals surface area contributed by atoms with E-state index in [-0.39, 0.29) is 0 Å². The molecular formula is C10H10ClNOS. The lowest BCUT2D eigenvalue weighted by molar-refractivity contribution is 0.514. The lowest BCUT2D eigenvalue weighted by Gasteiger charge is -1.97. The van der Waals surface area contributed by atoms with Crippen molar-refractivity contribution in [2.24, 2.45) is 0 Å². The van der Waals surface area contributed by atoms with Gasteiger partial charge in [-0.25, -0.2) is 0 Å². The van der Waals surface area contributed by atoms with E-state index in [0.29, 0.717) is 10.3 Å². The molecule has 0 atom stereocenters. The molecule has 2 aromatic heterocycles. The molecule has 2 rings (SSSR count).